The number of methoxy groups -OCH3 is 2. The van der Waals surface area contributed by atoms with Gasteiger partial charge in [0.05, 0.1) is 32.4 Å². The first-order valence-electron chi connectivity index (χ1n) is 5.43. The molecule has 1 atom stereocenters. The summed E-state index contributed by atoms with van der Waals surface area (Å²) in [6, 6.07) is 4.12. The van der Waals surface area contributed by atoms with E-state index < -0.39 is 11.9 Å². The Labute approximate surface area is 104 Å². The van der Waals surface area contributed by atoms with Crippen LogP contribution in [0.15, 0.2) is 18.2 Å². The van der Waals surface area contributed by atoms with Crippen molar-refractivity contribution in [2.24, 2.45) is 5.73 Å². The number of benzene rings is 1. The number of ether oxygens (including phenoxy) is 2. The van der Waals surface area contributed by atoms with E-state index >= 15 is 0 Å². The number of nitrogens with zero attached hydrogens (tertiary/aromatic N) is 1. The molecule has 0 aliphatic carbocycles. The molecule has 0 saturated carbocycles. The number of carbonyl (C=O) groups is 2. The van der Waals surface area contributed by atoms with Gasteiger partial charge in [-0.25, -0.2) is 4.90 Å². The lowest BCUT2D eigenvalue weighted by atomic mass is 10.2. The van der Waals surface area contributed by atoms with Crippen molar-refractivity contribution in [3.63, 3.8) is 0 Å². The van der Waals surface area contributed by atoms with Crippen LogP contribution in [0.5, 0.6) is 11.5 Å². The Bertz CT molecular complexity index is 501. The van der Waals surface area contributed by atoms with Crippen molar-refractivity contribution in [2.45, 2.75) is 12.5 Å². The zero-order valence-electron chi connectivity index (χ0n) is 10.2. The van der Waals surface area contributed by atoms with Crippen LogP contribution in [-0.4, -0.2) is 32.1 Å². The van der Waals surface area contributed by atoms with Crippen LogP contribution in [0, 0.1) is 0 Å². The van der Waals surface area contributed by atoms with Gasteiger partial charge in [-0.15, -0.1) is 0 Å². The lowest BCUT2D eigenvalue weighted by molar-refractivity contribution is -0.121. The zero-order chi connectivity index (χ0) is 13.3. The zero-order valence-corrected chi connectivity index (χ0v) is 10.2. The number of anilines is 1. The van der Waals surface area contributed by atoms with Crippen molar-refractivity contribution in [1.29, 1.82) is 0 Å². The third kappa shape index (κ3) is 1.91. The van der Waals surface area contributed by atoms with Crippen LogP contribution in [0.1, 0.15) is 6.42 Å². The number of amides is 2. The summed E-state index contributed by atoms with van der Waals surface area (Å²) in [7, 11) is 2.97. The number of imide groups is 1. The highest BCUT2D eigenvalue weighted by atomic mass is 16.5. The Morgan fingerprint density at radius 2 is 2.00 bits per heavy atom. The van der Waals surface area contributed by atoms with Crippen LogP contribution < -0.4 is 20.1 Å². The van der Waals surface area contributed by atoms with Crippen LogP contribution in [0.4, 0.5) is 5.69 Å². The molecule has 0 bridgehead atoms. The minimum absolute atomic E-state index is 0.0131. The minimum Gasteiger partial charge on any atom is -0.497 e. The topological polar surface area (TPSA) is 81.9 Å². The van der Waals surface area contributed by atoms with E-state index in [9.17, 15) is 9.59 Å². The maximum absolute atomic E-state index is 11.9. The summed E-state index contributed by atoms with van der Waals surface area (Å²) < 4.78 is 10.2. The number of hydrogen-bond donors (Lipinski definition) is 1. The van der Waals surface area contributed by atoms with Crippen molar-refractivity contribution >= 4 is 17.5 Å². The summed E-state index contributed by atoms with van der Waals surface area (Å²) in [5, 5.41) is 0. The Morgan fingerprint density at radius 1 is 1.28 bits per heavy atom. The SMILES string of the molecule is COc1ccc(OC)c(N2C(=O)CC(N)C2=O)c1. The maximum atomic E-state index is 11.9. The van der Waals surface area contributed by atoms with Gasteiger partial charge in [0.1, 0.15) is 11.5 Å². The molecule has 18 heavy (non-hydrogen) atoms. The predicted octanol–water partition coefficient (Wildman–Crippen LogP) is 0.294. The van der Waals surface area contributed by atoms with Crippen molar-refractivity contribution in [3.8, 4) is 11.5 Å². The summed E-state index contributed by atoms with van der Waals surface area (Å²) in [5.74, 6) is 0.198. The van der Waals surface area contributed by atoms with Crippen LogP contribution in [0.3, 0.4) is 0 Å². The molecule has 0 radical (unpaired) electrons. The third-order valence-corrected chi connectivity index (χ3v) is 2.81. The van der Waals surface area contributed by atoms with E-state index in [0.717, 1.165) is 4.90 Å². The molecule has 2 amide bonds. The molecule has 0 aromatic heterocycles. The van der Waals surface area contributed by atoms with Crippen LogP contribution >= 0.6 is 0 Å². The van der Waals surface area contributed by atoms with Gasteiger partial charge in [-0.2, -0.15) is 0 Å². The molecule has 2 rings (SSSR count). The number of carbonyl (C=O) groups excluding carboxylic acids is 2. The molecule has 1 aliphatic heterocycles. The van der Waals surface area contributed by atoms with Gasteiger partial charge in [-0.05, 0) is 12.1 Å². The molecule has 1 heterocycles. The predicted molar refractivity (Wildman–Crippen MR) is 64.6 cm³/mol. The third-order valence-electron chi connectivity index (χ3n) is 2.81. The molecular weight excluding hydrogens is 236 g/mol. The highest BCUT2D eigenvalue weighted by Crippen LogP contribution is 2.34. The first-order valence-corrected chi connectivity index (χ1v) is 5.43. The molecule has 1 aromatic carbocycles. The molecule has 96 valence electrons. The second-order valence-corrected chi connectivity index (χ2v) is 3.92. The number of hydrogen-bond acceptors (Lipinski definition) is 5. The fraction of sp³-hybridized carbons (Fsp3) is 0.333. The quantitative estimate of drug-likeness (QED) is 0.780. The van der Waals surface area contributed by atoms with E-state index in [2.05, 4.69) is 0 Å². The first-order chi connectivity index (χ1) is 8.58. The normalized spacial score (nSPS) is 19.3. The summed E-state index contributed by atoms with van der Waals surface area (Å²) in [6.45, 7) is 0. The fourth-order valence-electron chi connectivity index (χ4n) is 1.88. The fourth-order valence-corrected chi connectivity index (χ4v) is 1.88. The second-order valence-electron chi connectivity index (χ2n) is 3.92. The molecule has 0 spiro atoms. The van der Waals surface area contributed by atoms with E-state index in [-0.39, 0.29) is 12.3 Å². The Morgan fingerprint density at radius 3 is 2.50 bits per heavy atom. The lowest BCUT2D eigenvalue weighted by Crippen LogP contribution is -2.35. The molecule has 1 unspecified atom stereocenters. The summed E-state index contributed by atoms with van der Waals surface area (Å²) in [5.41, 5.74) is 5.94. The van der Waals surface area contributed by atoms with Gasteiger partial charge in [0.15, 0.2) is 0 Å². The molecular formula is C12H14N2O4. The van der Waals surface area contributed by atoms with E-state index in [1.165, 1.54) is 14.2 Å². The van der Waals surface area contributed by atoms with Crippen molar-refractivity contribution in [2.75, 3.05) is 19.1 Å². The van der Waals surface area contributed by atoms with Crippen molar-refractivity contribution in [3.05, 3.63) is 18.2 Å². The molecule has 1 aliphatic rings. The molecule has 6 heteroatoms. The number of nitrogens with two attached hydrogens (primary N) is 1. The largest absolute Gasteiger partial charge is 0.497 e. The minimum atomic E-state index is -0.784. The van der Waals surface area contributed by atoms with Gasteiger partial charge < -0.3 is 15.2 Å². The highest BCUT2D eigenvalue weighted by Gasteiger charge is 2.38. The lowest BCUT2D eigenvalue weighted by Gasteiger charge is -2.18. The monoisotopic (exact) mass is 250 g/mol. The molecule has 1 fully saturated rings. The Hall–Kier alpha value is -2.08. The van der Waals surface area contributed by atoms with E-state index in [0.29, 0.717) is 17.2 Å². The summed E-state index contributed by atoms with van der Waals surface area (Å²) in [4.78, 5) is 24.7. The van der Waals surface area contributed by atoms with Crippen molar-refractivity contribution in [1.82, 2.24) is 0 Å². The van der Waals surface area contributed by atoms with Crippen LogP contribution in [-0.2, 0) is 9.59 Å². The van der Waals surface area contributed by atoms with E-state index in [1.54, 1.807) is 18.2 Å². The molecule has 2 N–H and O–H groups in total. The van der Waals surface area contributed by atoms with Gasteiger partial charge in [-0.3, -0.25) is 9.59 Å². The van der Waals surface area contributed by atoms with Gasteiger partial charge in [-0.1, -0.05) is 0 Å². The molecule has 6 nitrogen and oxygen atoms in total. The summed E-state index contributed by atoms with van der Waals surface area (Å²) >= 11 is 0. The first kappa shape index (κ1) is 12.4. The average molecular weight is 250 g/mol. The smallest absolute Gasteiger partial charge is 0.251 e. The Kier molecular flexibility index (Phi) is 3.20. The standard InChI is InChI=1S/C12H14N2O4/c1-17-7-3-4-10(18-2)9(5-7)14-11(15)6-8(13)12(14)16/h3-5,8H,6,13H2,1-2H3. The van der Waals surface area contributed by atoms with Gasteiger partial charge in [0, 0.05) is 6.07 Å². The highest BCUT2D eigenvalue weighted by molar-refractivity contribution is 6.23. The second kappa shape index (κ2) is 4.66. The van der Waals surface area contributed by atoms with Crippen LogP contribution in [0.25, 0.3) is 0 Å². The molecule has 1 aromatic rings. The molecule has 1 saturated heterocycles. The van der Waals surface area contributed by atoms with E-state index in [4.69, 9.17) is 15.2 Å². The van der Waals surface area contributed by atoms with Crippen LogP contribution in [0.2, 0.25) is 0 Å². The van der Waals surface area contributed by atoms with Gasteiger partial charge in [0.25, 0.3) is 5.91 Å². The van der Waals surface area contributed by atoms with Crippen molar-refractivity contribution < 1.29 is 19.1 Å². The van der Waals surface area contributed by atoms with Gasteiger partial charge >= 0.3 is 0 Å². The number of rotatable bonds is 3. The summed E-state index contributed by atoms with van der Waals surface area (Å²) in [6.07, 6.45) is 0.0131. The van der Waals surface area contributed by atoms with E-state index in [1.807, 2.05) is 0 Å². The maximum Gasteiger partial charge on any atom is 0.251 e. The van der Waals surface area contributed by atoms with Gasteiger partial charge in [0.2, 0.25) is 5.91 Å². The Balaban J connectivity index is 2.49. The average Bonchev–Trinajstić information content (AvgIpc) is 2.62.